The minimum Gasteiger partial charge on any atom is -0.480 e. The van der Waals surface area contributed by atoms with Gasteiger partial charge in [0.15, 0.2) is 0 Å². The zero-order valence-corrected chi connectivity index (χ0v) is 12.4. The zero-order chi connectivity index (χ0) is 16.2. The van der Waals surface area contributed by atoms with Crippen molar-refractivity contribution in [2.24, 2.45) is 0 Å². The predicted octanol–water partition coefficient (Wildman–Crippen LogP) is 2.60. The third-order valence-electron chi connectivity index (χ3n) is 3.56. The molecule has 3 rings (SSSR count). The Hall–Kier alpha value is -2.70. The smallest absolute Gasteiger partial charge is 0.322 e. The van der Waals surface area contributed by atoms with Crippen LogP contribution < -0.4 is 10.6 Å². The molecule has 120 valence electrons. The van der Waals surface area contributed by atoms with Crippen molar-refractivity contribution in [3.05, 3.63) is 47.4 Å². The van der Waals surface area contributed by atoms with E-state index in [0.29, 0.717) is 23.8 Å². The molecule has 0 aliphatic heterocycles. The van der Waals surface area contributed by atoms with E-state index in [0.717, 1.165) is 18.5 Å². The van der Waals surface area contributed by atoms with Crippen LogP contribution in [0.15, 0.2) is 30.3 Å². The molecule has 0 saturated heterocycles. The Kier molecular flexibility index (Phi) is 4.36. The number of anilines is 2. The summed E-state index contributed by atoms with van der Waals surface area (Å²) in [4.78, 5) is 19.2. The number of hydrogen-bond donors (Lipinski definition) is 3. The molecule has 23 heavy (non-hydrogen) atoms. The van der Waals surface area contributed by atoms with E-state index in [-0.39, 0.29) is 18.3 Å². The van der Waals surface area contributed by atoms with Crippen LogP contribution >= 0.6 is 0 Å². The van der Waals surface area contributed by atoms with Gasteiger partial charge in [0, 0.05) is 24.1 Å². The number of halogens is 1. The lowest BCUT2D eigenvalue weighted by Gasteiger charge is -2.10. The van der Waals surface area contributed by atoms with E-state index in [1.54, 1.807) is 18.2 Å². The fourth-order valence-electron chi connectivity index (χ4n) is 2.21. The van der Waals surface area contributed by atoms with Gasteiger partial charge in [-0.1, -0.05) is 18.2 Å². The highest BCUT2D eigenvalue weighted by Crippen LogP contribution is 2.39. The summed E-state index contributed by atoms with van der Waals surface area (Å²) in [7, 11) is 0. The van der Waals surface area contributed by atoms with Gasteiger partial charge in [-0.05, 0) is 18.9 Å². The zero-order valence-electron chi connectivity index (χ0n) is 12.4. The summed E-state index contributed by atoms with van der Waals surface area (Å²) in [5, 5.41) is 14.5. The number of aliphatic carboxylic acids is 1. The Morgan fingerprint density at radius 3 is 2.74 bits per heavy atom. The number of aromatic nitrogens is 2. The molecule has 2 aromatic rings. The molecule has 1 aliphatic rings. The molecular formula is C16H17FN4O2. The molecule has 3 N–H and O–H groups in total. The molecule has 0 atom stereocenters. The fourth-order valence-corrected chi connectivity index (χ4v) is 2.21. The molecule has 0 bridgehead atoms. The van der Waals surface area contributed by atoms with Gasteiger partial charge in [0.05, 0.1) is 5.69 Å². The molecule has 6 nitrogen and oxygen atoms in total. The largest absolute Gasteiger partial charge is 0.480 e. The molecule has 1 aromatic carbocycles. The van der Waals surface area contributed by atoms with Crippen molar-refractivity contribution in [2.75, 3.05) is 17.2 Å². The van der Waals surface area contributed by atoms with E-state index in [9.17, 15) is 9.18 Å². The fraction of sp³-hybridized carbons (Fsp3) is 0.312. The third-order valence-corrected chi connectivity index (χ3v) is 3.56. The monoisotopic (exact) mass is 316 g/mol. The minimum atomic E-state index is -0.980. The van der Waals surface area contributed by atoms with E-state index >= 15 is 0 Å². The van der Waals surface area contributed by atoms with E-state index < -0.39 is 5.97 Å². The first kappa shape index (κ1) is 15.2. The van der Waals surface area contributed by atoms with Gasteiger partial charge in [-0.15, -0.1) is 0 Å². The van der Waals surface area contributed by atoms with E-state index in [4.69, 9.17) is 5.11 Å². The number of carbonyl (C=O) groups is 1. The van der Waals surface area contributed by atoms with Gasteiger partial charge in [-0.25, -0.2) is 9.37 Å². The third kappa shape index (κ3) is 4.15. The molecule has 1 saturated carbocycles. The normalized spacial score (nSPS) is 13.6. The van der Waals surface area contributed by atoms with Gasteiger partial charge < -0.3 is 15.7 Å². The average molecular weight is 316 g/mol. The maximum absolute atomic E-state index is 13.6. The Balaban J connectivity index is 1.74. The SMILES string of the molecule is O=C(O)CNc1nc(NCc2ccccc2F)cc(C2CC2)n1. The second-order valence-corrected chi connectivity index (χ2v) is 5.47. The molecule has 7 heteroatoms. The number of hydrogen-bond acceptors (Lipinski definition) is 5. The molecule has 0 spiro atoms. The van der Waals surface area contributed by atoms with Crippen molar-refractivity contribution >= 4 is 17.7 Å². The molecule has 1 aromatic heterocycles. The van der Waals surface area contributed by atoms with Gasteiger partial charge >= 0.3 is 5.97 Å². The number of nitrogens with one attached hydrogen (secondary N) is 2. The Morgan fingerprint density at radius 2 is 2.04 bits per heavy atom. The van der Waals surface area contributed by atoms with Crippen LogP contribution in [0.25, 0.3) is 0 Å². The van der Waals surface area contributed by atoms with Crippen LogP contribution in [0.2, 0.25) is 0 Å². The maximum Gasteiger partial charge on any atom is 0.322 e. The molecular weight excluding hydrogens is 299 g/mol. The first-order valence-corrected chi connectivity index (χ1v) is 7.44. The lowest BCUT2D eigenvalue weighted by molar-refractivity contribution is -0.134. The van der Waals surface area contributed by atoms with Gasteiger partial charge in [-0.3, -0.25) is 4.79 Å². The second-order valence-electron chi connectivity index (χ2n) is 5.47. The van der Waals surface area contributed by atoms with Crippen LogP contribution in [0, 0.1) is 5.82 Å². The molecule has 1 fully saturated rings. The number of rotatable bonds is 7. The molecule has 0 radical (unpaired) electrons. The van der Waals surface area contributed by atoms with Crippen molar-refractivity contribution in [3.63, 3.8) is 0 Å². The lowest BCUT2D eigenvalue weighted by Crippen LogP contribution is -2.15. The highest BCUT2D eigenvalue weighted by atomic mass is 19.1. The van der Waals surface area contributed by atoms with Crippen molar-refractivity contribution in [1.82, 2.24) is 9.97 Å². The van der Waals surface area contributed by atoms with Crippen LogP contribution in [0.1, 0.15) is 30.0 Å². The topological polar surface area (TPSA) is 87.1 Å². The van der Waals surface area contributed by atoms with Crippen molar-refractivity contribution in [1.29, 1.82) is 0 Å². The van der Waals surface area contributed by atoms with Crippen LogP contribution in [-0.4, -0.2) is 27.6 Å². The van der Waals surface area contributed by atoms with Gasteiger partial charge in [0.25, 0.3) is 0 Å². The van der Waals surface area contributed by atoms with Crippen molar-refractivity contribution in [3.8, 4) is 0 Å². The number of carboxylic acids is 1. The summed E-state index contributed by atoms with van der Waals surface area (Å²) in [5.74, 6) is -0.0322. The van der Waals surface area contributed by atoms with Crippen LogP contribution in [-0.2, 0) is 11.3 Å². The molecule has 1 aliphatic carbocycles. The highest BCUT2D eigenvalue weighted by Gasteiger charge is 2.26. The standard InChI is InChI=1S/C16H17FN4O2/c17-12-4-2-1-3-11(12)8-18-14-7-13(10-5-6-10)20-16(21-14)19-9-15(22)23/h1-4,7,10H,5-6,8-9H2,(H,22,23)(H2,18,19,20,21). The Morgan fingerprint density at radius 1 is 1.26 bits per heavy atom. The van der Waals surface area contributed by atoms with E-state index in [2.05, 4.69) is 20.6 Å². The maximum atomic E-state index is 13.6. The van der Waals surface area contributed by atoms with Crippen LogP contribution in [0.3, 0.4) is 0 Å². The summed E-state index contributed by atoms with van der Waals surface area (Å²) in [6, 6.07) is 8.37. The van der Waals surface area contributed by atoms with E-state index in [1.165, 1.54) is 6.07 Å². The number of benzene rings is 1. The van der Waals surface area contributed by atoms with Gasteiger partial charge in [-0.2, -0.15) is 4.98 Å². The minimum absolute atomic E-state index is 0.249. The first-order valence-electron chi connectivity index (χ1n) is 7.44. The molecule has 1 heterocycles. The van der Waals surface area contributed by atoms with Gasteiger partial charge in [0.2, 0.25) is 5.95 Å². The van der Waals surface area contributed by atoms with Crippen molar-refractivity contribution < 1.29 is 14.3 Å². The summed E-state index contributed by atoms with van der Waals surface area (Å²) in [5.41, 5.74) is 1.42. The molecule has 0 amide bonds. The lowest BCUT2D eigenvalue weighted by atomic mass is 10.2. The Labute approximate surface area is 132 Å². The molecule has 0 unspecified atom stereocenters. The average Bonchev–Trinajstić information content (AvgIpc) is 3.37. The van der Waals surface area contributed by atoms with Crippen LogP contribution in [0.5, 0.6) is 0 Å². The summed E-state index contributed by atoms with van der Waals surface area (Å²) >= 11 is 0. The van der Waals surface area contributed by atoms with Crippen molar-refractivity contribution in [2.45, 2.75) is 25.3 Å². The highest BCUT2D eigenvalue weighted by molar-refractivity contribution is 5.72. The Bertz CT molecular complexity index is 719. The first-order chi connectivity index (χ1) is 11.1. The summed E-state index contributed by atoms with van der Waals surface area (Å²) < 4.78 is 13.6. The summed E-state index contributed by atoms with van der Waals surface area (Å²) in [6.45, 7) is 0.0486. The summed E-state index contributed by atoms with van der Waals surface area (Å²) in [6.07, 6.45) is 2.14. The van der Waals surface area contributed by atoms with E-state index in [1.807, 2.05) is 6.07 Å². The predicted molar refractivity (Wildman–Crippen MR) is 83.9 cm³/mol. The number of nitrogens with zero attached hydrogens (tertiary/aromatic N) is 2. The van der Waals surface area contributed by atoms with Gasteiger partial charge in [0.1, 0.15) is 18.2 Å². The quantitative estimate of drug-likeness (QED) is 0.728. The number of carboxylic acid groups (broad SMARTS) is 1. The second kappa shape index (κ2) is 6.60. The van der Waals surface area contributed by atoms with Crippen LogP contribution in [0.4, 0.5) is 16.2 Å².